The van der Waals surface area contributed by atoms with Crippen molar-refractivity contribution in [1.29, 1.82) is 0 Å². The molecule has 7 nitrogen and oxygen atoms in total. The molecule has 0 unspecified atom stereocenters. The smallest absolute Gasteiger partial charge is 0.254 e. The van der Waals surface area contributed by atoms with Gasteiger partial charge in [0.1, 0.15) is 12.1 Å². The average molecular weight is 381 g/mol. The Kier molecular flexibility index (Phi) is 4.25. The first-order chi connectivity index (χ1) is 14.3. The van der Waals surface area contributed by atoms with E-state index in [2.05, 4.69) is 49.7 Å². The minimum Gasteiger partial charge on any atom is -0.366 e. The van der Waals surface area contributed by atoms with Crippen LogP contribution < -0.4 is 5.32 Å². The summed E-state index contributed by atoms with van der Waals surface area (Å²) in [7, 11) is 1.92. The molecule has 0 atom stereocenters. The lowest BCUT2D eigenvalue weighted by Gasteiger charge is -2.11. The lowest BCUT2D eigenvalue weighted by molar-refractivity contribution is 0.768. The van der Waals surface area contributed by atoms with E-state index in [-0.39, 0.29) is 0 Å². The van der Waals surface area contributed by atoms with Crippen molar-refractivity contribution < 1.29 is 0 Å². The van der Waals surface area contributed by atoms with Gasteiger partial charge in [-0.2, -0.15) is 19.7 Å². The standard InChI is InChI=1S/C22H19N7/c1-28-14-19(13-25-28)18-9-5-6-16(10-18)12-23-21-11-20(17-7-3-2-4-8-17)27-22-24-15-26-29(21)22/h2-11,13-15,23H,12H2,1H3. The molecule has 1 N–H and O–H groups in total. The van der Waals surface area contributed by atoms with E-state index in [1.807, 2.05) is 60.5 Å². The molecular weight excluding hydrogens is 362 g/mol. The molecule has 3 heterocycles. The molecule has 0 fully saturated rings. The number of hydrogen-bond acceptors (Lipinski definition) is 5. The molecule has 29 heavy (non-hydrogen) atoms. The molecule has 0 radical (unpaired) electrons. The van der Waals surface area contributed by atoms with Crippen LogP contribution in [0.5, 0.6) is 0 Å². The van der Waals surface area contributed by atoms with Crippen molar-refractivity contribution in [1.82, 2.24) is 29.4 Å². The van der Waals surface area contributed by atoms with Gasteiger partial charge >= 0.3 is 0 Å². The second-order valence-corrected chi connectivity index (χ2v) is 6.82. The zero-order valence-corrected chi connectivity index (χ0v) is 15.9. The largest absolute Gasteiger partial charge is 0.366 e. The molecule has 0 bridgehead atoms. The van der Waals surface area contributed by atoms with Gasteiger partial charge in [-0.3, -0.25) is 4.68 Å². The third-order valence-corrected chi connectivity index (χ3v) is 4.76. The van der Waals surface area contributed by atoms with Crippen LogP contribution in [0.1, 0.15) is 5.56 Å². The van der Waals surface area contributed by atoms with E-state index in [1.165, 1.54) is 6.33 Å². The second-order valence-electron chi connectivity index (χ2n) is 6.82. The van der Waals surface area contributed by atoms with Crippen molar-refractivity contribution in [3.05, 3.63) is 84.9 Å². The summed E-state index contributed by atoms with van der Waals surface area (Å²) < 4.78 is 3.53. The molecule has 0 saturated carbocycles. The molecule has 0 aliphatic heterocycles. The molecular formula is C22H19N7. The number of aryl methyl sites for hydroxylation is 1. The van der Waals surface area contributed by atoms with Gasteiger partial charge < -0.3 is 5.32 Å². The minimum absolute atomic E-state index is 0.568. The van der Waals surface area contributed by atoms with Gasteiger partial charge in [0.05, 0.1) is 11.9 Å². The molecule has 2 aromatic carbocycles. The molecule has 142 valence electrons. The number of hydrogen-bond donors (Lipinski definition) is 1. The van der Waals surface area contributed by atoms with Crippen molar-refractivity contribution in [2.75, 3.05) is 5.32 Å². The highest BCUT2D eigenvalue weighted by Gasteiger charge is 2.09. The molecule has 0 amide bonds. The molecule has 0 saturated heterocycles. The van der Waals surface area contributed by atoms with Crippen LogP contribution in [-0.2, 0) is 13.6 Å². The Morgan fingerprint density at radius 3 is 2.59 bits per heavy atom. The quantitative estimate of drug-likeness (QED) is 0.501. The molecule has 5 rings (SSSR count). The number of anilines is 1. The minimum atomic E-state index is 0.568. The van der Waals surface area contributed by atoms with Crippen molar-refractivity contribution in [2.45, 2.75) is 6.54 Å². The second kappa shape index (κ2) is 7.20. The molecule has 3 aromatic heterocycles. The van der Waals surface area contributed by atoms with Crippen LogP contribution in [0.2, 0.25) is 0 Å². The predicted octanol–water partition coefficient (Wildman–Crippen LogP) is 3.80. The highest BCUT2D eigenvalue weighted by Crippen LogP contribution is 2.23. The van der Waals surface area contributed by atoms with Crippen molar-refractivity contribution in [3.8, 4) is 22.4 Å². The molecule has 0 aliphatic carbocycles. The third-order valence-electron chi connectivity index (χ3n) is 4.76. The summed E-state index contributed by atoms with van der Waals surface area (Å²) >= 11 is 0. The Bertz CT molecular complexity index is 1270. The maximum absolute atomic E-state index is 4.62. The lowest BCUT2D eigenvalue weighted by Crippen LogP contribution is -2.07. The fraction of sp³-hybridized carbons (Fsp3) is 0.0909. The molecule has 0 aliphatic rings. The van der Waals surface area contributed by atoms with Crippen LogP contribution in [0.15, 0.2) is 79.4 Å². The van der Waals surface area contributed by atoms with Crippen LogP contribution in [-0.4, -0.2) is 29.4 Å². The third kappa shape index (κ3) is 3.45. The van der Waals surface area contributed by atoms with E-state index in [9.17, 15) is 0 Å². The number of aromatic nitrogens is 6. The molecule has 5 aromatic rings. The van der Waals surface area contributed by atoms with E-state index >= 15 is 0 Å². The summed E-state index contributed by atoms with van der Waals surface area (Å²) in [5, 5.41) is 12.0. The van der Waals surface area contributed by atoms with Crippen molar-refractivity contribution >= 4 is 11.6 Å². The maximum atomic E-state index is 4.62. The summed E-state index contributed by atoms with van der Waals surface area (Å²) in [6.45, 7) is 0.654. The first-order valence-corrected chi connectivity index (χ1v) is 9.34. The van der Waals surface area contributed by atoms with Crippen molar-refractivity contribution in [3.63, 3.8) is 0 Å². The Hall–Kier alpha value is -4.00. The van der Waals surface area contributed by atoms with Gasteiger partial charge in [-0.15, -0.1) is 0 Å². The first-order valence-electron chi connectivity index (χ1n) is 9.34. The summed E-state index contributed by atoms with van der Waals surface area (Å²) in [6, 6.07) is 20.5. The number of benzene rings is 2. The lowest BCUT2D eigenvalue weighted by atomic mass is 10.1. The maximum Gasteiger partial charge on any atom is 0.254 e. The van der Waals surface area contributed by atoms with Crippen LogP contribution in [0.25, 0.3) is 28.2 Å². The van der Waals surface area contributed by atoms with Gasteiger partial charge in [-0.1, -0.05) is 48.5 Å². The fourth-order valence-electron chi connectivity index (χ4n) is 3.32. The highest BCUT2D eigenvalue weighted by atomic mass is 15.3. The zero-order valence-electron chi connectivity index (χ0n) is 15.9. The summed E-state index contributed by atoms with van der Waals surface area (Å²) in [5.41, 5.74) is 5.31. The Balaban J connectivity index is 1.44. The van der Waals surface area contributed by atoms with Gasteiger partial charge in [0.2, 0.25) is 0 Å². The topological polar surface area (TPSA) is 72.9 Å². The summed E-state index contributed by atoms with van der Waals surface area (Å²) in [6.07, 6.45) is 5.41. The first kappa shape index (κ1) is 17.1. The van der Waals surface area contributed by atoms with Crippen LogP contribution >= 0.6 is 0 Å². The number of nitrogens with zero attached hydrogens (tertiary/aromatic N) is 6. The summed E-state index contributed by atoms with van der Waals surface area (Å²) in [5.74, 6) is 1.41. The highest BCUT2D eigenvalue weighted by molar-refractivity contribution is 5.66. The van der Waals surface area contributed by atoms with Gasteiger partial charge in [0.15, 0.2) is 0 Å². The number of fused-ring (bicyclic) bond motifs is 1. The monoisotopic (exact) mass is 381 g/mol. The zero-order chi connectivity index (χ0) is 19.6. The van der Waals surface area contributed by atoms with E-state index in [0.717, 1.165) is 33.8 Å². The number of nitrogens with one attached hydrogen (secondary N) is 1. The predicted molar refractivity (Wildman–Crippen MR) is 112 cm³/mol. The Morgan fingerprint density at radius 1 is 0.897 bits per heavy atom. The van der Waals surface area contributed by atoms with Crippen LogP contribution in [0.4, 0.5) is 5.82 Å². The van der Waals surface area contributed by atoms with E-state index in [1.54, 1.807) is 4.52 Å². The van der Waals surface area contributed by atoms with Gasteiger partial charge in [0, 0.05) is 37.0 Å². The van der Waals surface area contributed by atoms with Crippen molar-refractivity contribution in [2.24, 2.45) is 7.05 Å². The normalized spacial score (nSPS) is 11.1. The van der Waals surface area contributed by atoms with Gasteiger partial charge in [0.25, 0.3) is 5.78 Å². The van der Waals surface area contributed by atoms with Gasteiger partial charge in [-0.25, -0.2) is 4.98 Å². The number of rotatable bonds is 5. The SMILES string of the molecule is Cn1cc(-c2cccc(CNc3cc(-c4ccccc4)nc4ncnn34)c2)cn1. The summed E-state index contributed by atoms with van der Waals surface area (Å²) in [4.78, 5) is 8.89. The Labute approximate surface area is 167 Å². The fourth-order valence-corrected chi connectivity index (χ4v) is 3.32. The van der Waals surface area contributed by atoms with Crippen LogP contribution in [0, 0.1) is 0 Å². The molecule has 0 spiro atoms. The van der Waals surface area contributed by atoms with Crippen LogP contribution in [0.3, 0.4) is 0 Å². The average Bonchev–Trinajstić information content (AvgIpc) is 3.42. The Morgan fingerprint density at radius 2 is 1.76 bits per heavy atom. The molecule has 7 heteroatoms. The van der Waals surface area contributed by atoms with E-state index in [4.69, 9.17) is 0 Å². The van der Waals surface area contributed by atoms with E-state index < -0.39 is 0 Å². The van der Waals surface area contributed by atoms with E-state index in [0.29, 0.717) is 12.3 Å². The van der Waals surface area contributed by atoms with Gasteiger partial charge in [-0.05, 0) is 17.2 Å².